The zero-order valence-electron chi connectivity index (χ0n) is 16.1. The maximum absolute atomic E-state index is 14.2. The SMILES string of the molecule is Cc1c(C(=O)N2CCc3cc(F)cc(F)c3C2)cnc2c1c(=O)n(C)c(=O)n2C. The highest BCUT2D eigenvalue weighted by atomic mass is 19.1. The van der Waals surface area contributed by atoms with E-state index >= 15 is 0 Å². The van der Waals surface area contributed by atoms with E-state index < -0.39 is 28.8 Å². The molecule has 1 aliphatic rings. The van der Waals surface area contributed by atoms with E-state index in [4.69, 9.17) is 0 Å². The lowest BCUT2D eigenvalue weighted by Gasteiger charge is -2.29. The molecule has 0 atom stereocenters. The highest BCUT2D eigenvalue weighted by Gasteiger charge is 2.27. The van der Waals surface area contributed by atoms with Gasteiger partial charge in [-0.3, -0.25) is 18.7 Å². The summed E-state index contributed by atoms with van der Waals surface area (Å²) in [7, 11) is 2.86. The van der Waals surface area contributed by atoms with E-state index in [0.29, 0.717) is 17.5 Å². The van der Waals surface area contributed by atoms with Gasteiger partial charge in [0.25, 0.3) is 11.5 Å². The Morgan fingerprint density at radius 1 is 1.14 bits per heavy atom. The number of pyridine rings is 1. The summed E-state index contributed by atoms with van der Waals surface area (Å²) in [6.07, 6.45) is 1.65. The lowest BCUT2D eigenvalue weighted by Crippen LogP contribution is -2.39. The maximum atomic E-state index is 14.2. The van der Waals surface area contributed by atoms with Crippen molar-refractivity contribution in [3.63, 3.8) is 0 Å². The number of aryl methyl sites for hydroxylation is 2. The molecule has 1 amide bonds. The van der Waals surface area contributed by atoms with Crippen LogP contribution in [-0.4, -0.2) is 31.5 Å². The predicted octanol–water partition coefficient (Wildman–Crippen LogP) is 1.42. The monoisotopic (exact) mass is 400 g/mol. The molecular formula is C20H18F2N4O3. The molecule has 0 radical (unpaired) electrons. The minimum atomic E-state index is -0.685. The second kappa shape index (κ2) is 6.61. The fourth-order valence-corrected chi connectivity index (χ4v) is 3.81. The van der Waals surface area contributed by atoms with Gasteiger partial charge in [0.1, 0.15) is 17.3 Å². The zero-order chi connectivity index (χ0) is 21.0. The molecule has 0 saturated heterocycles. The van der Waals surface area contributed by atoms with Crippen molar-refractivity contribution in [2.45, 2.75) is 19.9 Å². The Balaban J connectivity index is 1.80. The standard InChI is InChI=1S/C20H18F2N4O3/c1-10-13(8-23-17-16(10)19(28)25(3)20(29)24(17)2)18(27)26-5-4-11-6-12(21)7-15(22)14(11)9-26/h6-8H,4-5,9H2,1-3H3. The van der Waals surface area contributed by atoms with Gasteiger partial charge in [0.15, 0.2) is 0 Å². The van der Waals surface area contributed by atoms with Crippen LogP contribution in [0.3, 0.4) is 0 Å². The number of amides is 1. The Morgan fingerprint density at radius 2 is 1.86 bits per heavy atom. The lowest BCUT2D eigenvalue weighted by atomic mass is 9.97. The number of hydrogen-bond acceptors (Lipinski definition) is 4. The average molecular weight is 400 g/mol. The molecule has 9 heteroatoms. The number of hydrogen-bond donors (Lipinski definition) is 0. The van der Waals surface area contributed by atoms with E-state index in [2.05, 4.69) is 4.98 Å². The summed E-state index contributed by atoms with van der Waals surface area (Å²) >= 11 is 0. The van der Waals surface area contributed by atoms with E-state index in [9.17, 15) is 23.2 Å². The fraction of sp³-hybridized carbons (Fsp3) is 0.300. The second-order valence-corrected chi connectivity index (χ2v) is 7.20. The zero-order valence-corrected chi connectivity index (χ0v) is 16.1. The van der Waals surface area contributed by atoms with Crippen molar-refractivity contribution >= 4 is 16.9 Å². The van der Waals surface area contributed by atoms with E-state index in [1.165, 1.54) is 35.8 Å². The van der Waals surface area contributed by atoms with Crippen molar-refractivity contribution in [2.75, 3.05) is 6.54 Å². The molecular weight excluding hydrogens is 382 g/mol. The van der Waals surface area contributed by atoms with Gasteiger partial charge < -0.3 is 4.90 Å². The molecule has 0 fully saturated rings. The van der Waals surface area contributed by atoms with Crippen LogP contribution in [-0.2, 0) is 27.1 Å². The van der Waals surface area contributed by atoms with Crippen LogP contribution in [0.1, 0.15) is 27.0 Å². The number of rotatable bonds is 1. The van der Waals surface area contributed by atoms with Crippen LogP contribution in [0, 0.1) is 18.6 Å². The largest absolute Gasteiger partial charge is 0.334 e. The molecule has 0 saturated carbocycles. The minimum Gasteiger partial charge on any atom is -0.334 e. The summed E-state index contributed by atoms with van der Waals surface area (Å²) < 4.78 is 29.8. The molecule has 0 N–H and O–H groups in total. The number of aromatic nitrogens is 3. The topological polar surface area (TPSA) is 77.2 Å². The van der Waals surface area contributed by atoms with Gasteiger partial charge in [0.2, 0.25) is 0 Å². The van der Waals surface area contributed by atoms with Crippen molar-refractivity contribution in [1.29, 1.82) is 0 Å². The quantitative estimate of drug-likeness (QED) is 0.619. The molecule has 4 rings (SSSR count). The number of nitrogens with zero attached hydrogens (tertiary/aromatic N) is 4. The number of fused-ring (bicyclic) bond motifs is 2. The summed E-state index contributed by atoms with van der Waals surface area (Å²) in [6, 6.07) is 2.09. The van der Waals surface area contributed by atoms with Crippen molar-refractivity contribution in [1.82, 2.24) is 19.0 Å². The van der Waals surface area contributed by atoms with Crippen molar-refractivity contribution < 1.29 is 13.6 Å². The third-order valence-electron chi connectivity index (χ3n) is 5.50. The molecule has 1 aliphatic heterocycles. The van der Waals surface area contributed by atoms with Gasteiger partial charge in [-0.1, -0.05) is 0 Å². The van der Waals surface area contributed by atoms with Gasteiger partial charge in [-0.05, 0) is 30.5 Å². The van der Waals surface area contributed by atoms with E-state index in [1.54, 1.807) is 6.92 Å². The Kier molecular flexibility index (Phi) is 4.33. The molecule has 29 heavy (non-hydrogen) atoms. The van der Waals surface area contributed by atoms with Crippen LogP contribution in [0.2, 0.25) is 0 Å². The number of halogens is 2. The van der Waals surface area contributed by atoms with Crippen LogP contribution in [0.15, 0.2) is 27.9 Å². The molecule has 3 heterocycles. The Hall–Kier alpha value is -3.36. The normalized spacial score (nSPS) is 13.6. The summed E-state index contributed by atoms with van der Waals surface area (Å²) in [5, 5.41) is 0.186. The van der Waals surface area contributed by atoms with Crippen LogP contribution >= 0.6 is 0 Å². The molecule has 0 bridgehead atoms. The van der Waals surface area contributed by atoms with Gasteiger partial charge in [0, 0.05) is 45.0 Å². The lowest BCUT2D eigenvalue weighted by molar-refractivity contribution is 0.0731. The van der Waals surface area contributed by atoms with Gasteiger partial charge in [-0.25, -0.2) is 18.6 Å². The van der Waals surface area contributed by atoms with Crippen LogP contribution in [0.25, 0.3) is 11.0 Å². The van der Waals surface area contributed by atoms with E-state index in [1.807, 2.05) is 0 Å². The first-order valence-electron chi connectivity index (χ1n) is 9.02. The van der Waals surface area contributed by atoms with Crippen LogP contribution in [0.4, 0.5) is 8.78 Å². The van der Waals surface area contributed by atoms with Gasteiger partial charge >= 0.3 is 5.69 Å². The molecule has 2 aromatic heterocycles. The van der Waals surface area contributed by atoms with Gasteiger partial charge in [-0.15, -0.1) is 0 Å². The summed E-state index contributed by atoms with van der Waals surface area (Å²) in [5.74, 6) is -1.73. The number of carbonyl (C=O) groups excluding carboxylic acids is 1. The molecule has 0 spiro atoms. The van der Waals surface area contributed by atoms with Crippen molar-refractivity contribution in [3.8, 4) is 0 Å². The highest BCUT2D eigenvalue weighted by molar-refractivity contribution is 5.99. The fourth-order valence-electron chi connectivity index (χ4n) is 3.81. The third-order valence-corrected chi connectivity index (χ3v) is 5.50. The Labute approximate surface area is 163 Å². The van der Waals surface area contributed by atoms with E-state index in [-0.39, 0.29) is 35.2 Å². The van der Waals surface area contributed by atoms with Gasteiger partial charge in [0.05, 0.1) is 10.9 Å². The van der Waals surface area contributed by atoms with Crippen molar-refractivity contribution in [2.24, 2.45) is 14.1 Å². The Bertz CT molecular complexity index is 1310. The van der Waals surface area contributed by atoms with E-state index in [0.717, 1.165) is 10.6 Å². The highest BCUT2D eigenvalue weighted by Crippen LogP contribution is 2.25. The van der Waals surface area contributed by atoms with Crippen molar-refractivity contribution in [3.05, 3.63) is 73.1 Å². The minimum absolute atomic E-state index is 0.00302. The van der Waals surface area contributed by atoms with Crippen LogP contribution < -0.4 is 11.2 Å². The van der Waals surface area contributed by atoms with Crippen LogP contribution in [0.5, 0.6) is 0 Å². The molecule has 0 unspecified atom stereocenters. The average Bonchev–Trinajstić information content (AvgIpc) is 2.69. The smallest absolute Gasteiger partial charge is 0.332 e. The molecule has 150 valence electrons. The summed E-state index contributed by atoms with van der Waals surface area (Å²) in [6.45, 7) is 1.91. The maximum Gasteiger partial charge on any atom is 0.332 e. The van der Waals surface area contributed by atoms with Gasteiger partial charge in [-0.2, -0.15) is 0 Å². The summed E-state index contributed by atoms with van der Waals surface area (Å²) in [5.41, 5.74) is 0.593. The molecule has 0 aliphatic carbocycles. The number of benzene rings is 1. The third kappa shape index (κ3) is 2.84. The second-order valence-electron chi connectivity index (χ2n) is 7.20. The predicted molar refractivity (Wildman–Crippen MR) is 102 cm³/mol. The molecule has 3 aromatic rings. The molecule has 1 aromatic carbocycles. The first-order chi connectivity index (χ1) is 13.7. The molecule has 7 nitrogen and oxygen atoms in total. The first kappa shape index (κ1) is 19.0. The number of carbonyl (C=O) groups is 1. The Morgan fingerprint density at radius 3 is 2.59 bits per heavy atom. The first-order valence-corrected chi connectivity index (χ1v) is 9.02. The summed E-state index contributed by atoms with van der Waals surface area (Å²) in [4.78, 5) is 43.4.